The Bertz CT molecular complexity index is 690. The summed E-state index contributed by atoms with van der Waals surface area (Å²) in [6.45, 7) is 1.70. The molecule has 3 nitrogen and oxygen atoms in total. The van der Waals surface area contributed by atoms with Gasteiger partial charge in [0.1, 0.15) is 0 Å². The zero-order valence-corrected chi connectivity index (χ0v) is 13.1. The summed E-state index contributed by atoms with van der Waals surface area (Å²) in [4.78, 5) is 0. The highest BCUT2D eigenvalue weighted by Crippen LogP contribution is 2.15. The number of rotatable bonds is 5. The lowest BCUT2D eigenvalue weighted by Crippen LogP contribution is -2.13. The Morgan fingerprint density at radius 2 is 1.76 bits per heavy atom. The van der Waals surface area contributed by atoms with Crippen LogP contribution in [0.25, 0.3) is 5.69 Å². The van der Waals surface area contributed by atoms with E-state index in [0.29, 0.717) is 0 Å². The molecular weight excluding hydrogens is 326 g/mol. The highest BCUT2D eigenvalue weighted by atomic mass is 79.9. The fourth-order valence-electron chi connectivity index (χ4n) is 2.17. The Labute approximate surface area is 132 Å². The zero-order valence-electron chi connectivity index (χ0n) is 11.5. The Balaban J connectivity index is 1.58. The SMILES string of the molecule is Brc1ccccc1CNCc1ccc(-n2cccn2)cc1. The molecule has 0 aliphatic rings. The van der Waals surface area contributed by atoms with E-state index in [4.69, 9.17) is 0 Å². The fraction of sp³-hybridized carbons (Fsp3) is 0.118. The van der Waals surface area contributed by atoms with Crippen molar-refractivity contribution in [1.82, 2.24) is 15.1 Å². The van der Waals surface area contributed by atoms with E-state index in [1.807, 2.05) is 23.0 Å². The summed E-state index contributed by atoms with van der Waals surface area (Å²) in [5.74, 6) is 0. The van der Waals surface area contributed by atoms with Crippen molar-refractivity contribution in [2.24, 2.45) is 0 Å². The maximum absolute atomic E-state index is 4.22. The van der Waals surface area contributed by atoms with Crippen molar-refractivity contribution < 1.29 is 0 Å². The van der Waals surface area contributed by atoms with Crippen molar-refractivity contribution in [3.05, 3.63) is 82.6 Å². The number of nitrogens with one attached hydrogen (secondary N) is 1. The normalized spacial score (nSPS) is 10.7. The second-order valence-corrected chi connectivity index (χ2v) is 5.67. The summed E-state index contributed by atoms with van der Waals surface area (Å²) >= 11 is 3.56. The highest BCUT2D eigenvalue weighted by molar-refractivity contribution is 9.10. The van der Waals surface area contributed by atoms with Gasteiger partial charge in [0.25, 0.3) is 0 Å². The third-order valence-corrected chi connectivity index (χ3v) is 4.08. The van der Waals surface area contributed by atoms with Crippen molar-refractivity contribution in [2.45, 2.75) is 13.1 Å². The molecule has 0 bridgehead atoms. The second-order valence-electron chi connectivity index (χ2n) is 4.81. The molecule has 0 aliphatic carbocycles. The summed E-state index contributed by atoms with van der Waals surface area (Å²) in [6, 6.07) is 18.6. The van der Waals surface area contributed by atoms with E-state index in [2.05, 4.69) is 68.8 Å². The van der Waals surface area contributed by atoms with Crippen molar-refractivity contribution >= 4 is 15.9 Å². The third-order valence-electron chi connectivity index (χ3n) is 3.31. The Hall–Kier alpha value is -1.91. The molecule has 0 amide bonds. The summed E-state index contributed by atoms with van der Waals surface area (Å²) in [5, 5.41) is 7.68. The molecule has 0 saturated carbocycles. The van der Waals surface area contributed by atoms with Crippen LogP contribution < -0.4 is 5.32 Å². The highest BCUT2D eigenvalue weighted by Gasteiger charge is 1.99. The Morgan fingerprint density at radius 3 is 2.48 bits per heavy atom. The molecule has 0 spiro atoms. The van der Waals surface area contributed by atoms with Crippen LogP contribution >= 0.6 is 15.9 Å². The van der Waals surface area contributed by atoms with Crippen molar-refractivity contribution in [2.75, 3.05) is 0 Å². The lowest BCUT2D eigenvalue weighted by Gasteiger charge is -2.08. The predicted octanol–water partition coefficient (Wildman–Crippen LogP) is 3.92. The van der Waals surface area contributed by atoms with E-state index >= 15 is 0 Å². The van der Waals surface area contributed by atoms with E-state index in [0.717, 1.165) is 23.2 Å². The smallest absolute Gasteiger partial charge is 0.0645 e. The van der Waals surface area contributed by atoms with Gasteiger partial charge in [-0.3, -0.25) is 0 Å². The van der Waals surface area contributed by atoms with Crippen LogP contribution in [0.5, 0.6) is 0 Å². The lowest BCUT2D eigenvalue weighted by atomic mass is 10.2. The number of aromatic nitrogens is 2. The minimum absolute atomic E-state index is 0.848. The molecule has 106 valence electrons. The van der Waals surface area contributed by atoms with Gasteiger partial charge in [0.05, 0.1) is 5.69 Å². The zero-order chi connectivity index (χ0) is 14.5. The maximum Gasteiger partial charge on any atom is 0.0645 e. The van der Waals surface area contributed by atoms with Crippen molar-refractivity contribution in [3.8, 4) is 5.69 Å². The standard InChI is InChI=1S/C17H16BrN3/c18-17-5-2-1-4-15(17)13-19-12-14-6-8-16(9-7-14)21-11-3-10-20-21/h1-11,19H,12-13H2. The molecular formula is C17H16BrN3. The van der Waals surface area contributed by atoms with Gasteiger partial charge < -0.3 is 5.32 Å². The first kappa shape index (κ1) is 14.0. The predicted molar refractivity (Wildman–Crippen MR) is 88.2 cm³/mol. The quantitative estimate of drug-likeness (QED) is 0.762. The molecule has 1 heterocycles. The van der Waals surface area contributed by atoms with Crippen LogP contribution in [-0.4, -0.2) is 9.78 Å². The van der Waals surface area contributed by atoms with Crippen LogP contribution in [0.15, 0.2) is 71.5 Å². The fourth-order valence-corrected chi connectivity index (χ4v) is 2.60. The van der Waals surface area contributed by atoms with Gasteiger partial charge in [-0.25, -0.2) is 4.68 Å². The number of benzene rings is 2. The Morgan fingerprint density at radius 1 is 0.952 bits per heavy atom. The lowest BCUT2D eigenvalue weighted by molar-refractivity contribution is 0.691. The van der Waals surface area contributed by atoms with Gasteiger partial charge in [-0.1, -0.05) is 46.3 Å². The van der Waals surface area contributed by atoms with Crippen LogP contribution in [0.2, 0.25) is 0 Å². The van der Waals surface area contributed by atoms with E-state index < -0.39 is 0 Å². The minimum atomic E-state index is 0.848. The summed E-state index contributed by atoms with van der Waals surface area (Å²) < 4.78 is 3.00. The third kappa shape index (κ3) is 3.60. The van der Waals surface area contributed by atoms with Gasteiger partial charge in [-0.15, -0.1) is 0 Å². The number of halogens is 1. The molecule has 3 aromatic rings. The largest absolute Gasteiger partial charge is 0.309 e. The molecule has 0 fully saturated rings. The average molecular weight is 342 g/mol. The van der Waals surface area contributed by atoms with E-state index in [-0.39, 0.29) is 0 Å². The first-order valence-electron chi connectivity index (χ1n) is 6.86. The molecule has 0 aliphatic heterocycles. The summed E-state index contributed by atoms with van der Waals surface area (Å²) in [7, 11) is 0. The van der Waals surface area contributed by atoms with Crippen molar-refractivity contribution in [3.63, 3.8) is 0 Å². The van der Waals surface area contributed by atoms with Crippen LogP contribution in [0.3, 0.4) is 0 Å². The Kier molecular flexibility index (Phi) is 4.48. The van der Waals surface area contributed by atoms with E-state index in [9.17, 15) is 0 Å². The van der Waals surface area contributed by atoms with Crippen molar-refractivity contribution in [1.29, 1.82) is 0 Å². The van der Waals surface area contributed by atoms with Crippen LogP contribution in [0.1, 0.15) is 11.1 Å². The maximum atomic E-state index is 4.22. The van der Waals surface area contributed by atoms with Gasteiger partial charge in [0.15, 0.2) is 0 Å². The molecule has 0 radical (unpaired) electrons. The van der Waals surface area contributed by atoms with Crippen LogP contribution in [-0.2, 0) is 13.1 Å². The second kappa shape index (κ2) is 6.70. The molecule has 21 heavy (non-hydrogen) atoms. The first-order chi connectivity index (χ1) is 10.3. The summed E-state index contributed by atoms with van der Waals surface area (Å²) in [5.41, 5.74) is 3.61. The van der Waals surface area contributed by atoms with E-state index in [1.54, 1.807) is 6.20 Å². The number of nitrogens with zero attached hydrogens (tertiary/aromatic N) is 2. The molecule has 1 aromatic heterocycles. The van der Waals surface area contributed by atoms with Gasteiger partial charge >= 0.3 is 0 Å². The molecule has 0 saturated heterocycles. The molecule has 4 heteroatoms. The van der Waals surface area contributed by atoms with Gasteiger partial charge in [-0.2, -0.15) is 5.10 Å². The summed E-state index contributed by atoms with van der Waals surface area (Å²) in [6.07, 6.45) is 3.73. The first-order valence-corrected chi connectivity index (χ1v) is 7.65. The van der Waals surface area contributed by atoms with Crippen LogP contribution in [0, 0.1) is 0 Å². The minimum Gasteiger partial charge on any atom is -0.309 e. The topological polar surface area (TPSA) is 29.9 Å². The van der Waals surface area contributed by atoms with E-state index in [1.165, 1.54) is 11.1 Å². The number of hydrogen-bond donors (Lipinski definition) is 1. The average Bonchev–Trinajstić information content (AvgIpc) is 3.04. The molecule has 0 atom stereocenters. The monoisotopic (exact) mass is 341 g/mol. The van der Waals surface area contributed by atoms with Gasteiger partial charge in [0, 0.05) is 30.0 Å². The van der Waals surface area contributed by atoms with Gasteiger partial charge in [-0.05, 0) is 35.4 Å². The molecule has 2 aromatic carbocycles. The number of hydrogen-bond acceptors (Lipinski definition) is 2. The molecule has 1 N–H and O–H groups in total. The van der Waals surface area contributed by atoms with Gasteiger partial charge in [0.2, 0.25) is 0 Å². The molecule has 3 rings (SSSR count). The molecule has 0 unspecified atom stereocenters. The van der Waals surface area contributed by atoms with Crippen LogP contribution in [0.4, 0.5) is 0 Å².